The van der Waals surface area contributed by atoms with Crippen molar-refractivity contribution in [2.45, 2.75) is 50.7 Å². The van der Waals surface area contributed by atoms with Gasteiger partial charge in [0.05, 0.1) is 10.5 Å². The largest absolute Gasteiger partial charge is 0.351 e. The van der Waals surface area contributed by atoms with Crippen LogP contribution < -0.4 is 10.6 Å². The van der Waals surface area contributed by atoms with E-state index in [0.717, 1.165) is 12.0 Å². The van der Waals surface area contributed by atoms with Crippen LogP contribution in [0.1, 0.15) is 37.7 Å². The average molecular weight is 392 g/mol. The van der Waals surface area contributed by atoms with Crippen LogP contribution >= 0.6 is 28.3 Å². The lowest BCUT2D eigenvalue weighted by Crippen LogP contribution is -2.42. The molecule has 6 heteroatoms. The second kappa shape index (κ2) is 7.75. The number of fused-ring (bicyclic) bond motifs is 1. The van der Waals surface area contributed by atoms with Crippen molar-refractivity contribution in [1.29, 1.82) is 0 Å². The Labute approximate surface area is 145 Å². The van der Waals surface area contributed by atoms with E-state index in [0.29, 0.717) is 23.0 Å². The Balaban J connectivity index is 0.00000176. The Kier molecular flexibility index (Phi) is 6.24. The molecule has 2 aliphatic rings. The van der Waals surface area contributed by atoms with Gasteiger partial charge in [-0.3, -0.25) is 4.79 Å². The van der Waals surface area contributed by atoms with E-state index in [4.69, 9.17) is 0 Å². The van der Waals surface area contributed by atoms with Gasteiger partial charge in [0.25, 0.3) is 0 Å². The molecule has 1 aromatic rings. The van der Waals surface area contributed by atoms with Gasteiger partial charge < -0.3 is 10.6 Å². The van der Waals surface area contributed by atoms with Gasteiger partial charge in [0.15, 0.2) is 0 Å². The molecule has 2 fully saturated rings. The summed E-state index contributed by atoms with van der Waals surface area (Å²) in [6.07, 6.45) is 5.91. The van der Waals surface area contributed by atoms with Crippen LogP contribution in [0.5, 0.6) is 0 Å². The Morgan fingerprint density at radius 3 is 2.86 bits per heavy atom. The van der Waals surface area contributed by atoms with Crippen molar-refractivity contribution in [1.82, 2.24) is 10.6 Å². The molecule has 1 aromatic carbocycles. The minimum atomic E-state index is -0.299. The number of hydrogen-bond acceptors (Lipinski definition) is 2. The monoisotopic (exact) mass is 390 g/mol. The first-order valence-corrected chi connectivity index (χ1v) is 8.40. The molecule has 1 heterocycles. The molecule has 3 unspecified atom stereocenters. The summed E-state index contributed by atoms with van der Waals surface area (Å²) >= 11 is 3.13. The predicted octanol–water partition coefficient (Wildman–Crippen LogP) is 3.55. The third-order valence-electron chi connectivity index (χ3n) is 4.63. The molecule has 2 N–H and O–H groups in total. The summed E-state index contributed by atoms with van der Waals surface area (Å²) in [6.45, 7) is 0.372. The van der Waals surface area contributed by atoms with Crippen LogP contribution in [0.25, 0.3) is 0 Å². The zero-order chi connectivity index (χ0) is 14.8. The molecule has 0 radical (unpaired) electrons. The van der Waals surface area contributed by atoms with Gasteiger partial charge in [-0.25, -0.2) is 4.39 Å². The maximum Gasteiger partial charge on any atom is 0.237 e. The molecular weight excluding hydrogens is 371 g/mol. The quantitative estimate of drug-likeness (QED) is 0.827. The first kappa shape index (κ1) is 17.7. The molecule has 3 rings (SSSR count). The lowest BCUT2D eigenvalue weighted by molar-refractivity contribution is -0.123. The summed E-state index contributed by atoms with van der Waals surface area (Å²) in [5.74, 6) is 0.388. The van der Waals surface area contributed by atoms with E-state index in [1.165, 1.54) is 31.7 Å². The highest BCUT2D eigenvalue weighted by Crippen LogP contribution is 2.33. The summed E-state index contributed by atoms with van der Waals surface area (Å²) in [4.78, 5) is 12.2. The number of benzene rings is 1. The number of rotatable bonds is 3. The van der Waals surface area contributed by atoms with Gasteiger partial charge >= 0.3 is 0 Å². The summed E-state index contributed by atoms with van der Waals surface area (Å²) in [5.41, 5.74) is 0.777. The third-order valence-corrected chi connectivity index (χ3v) is 5.27. The fourth-order valence-electron chi connectivity index (χ4n) is 3.48. The van der Waals surface area contributed by atoms with Crippen molar-refractivity contribution in [3.05, 3.63) is 34.1 Å². The molecule has 1 aliphatic carbocycles. The highest BCUT2D eigenvalue weighted by atomic mass is 79.9. The zero-order valence-electron chi connectivity index (χ0n) is 12.3. The summed E-state index contributed by atoms with van der Waals surface area (Å²) in [7, 11) is 0. The second-order valence-electron chi connectivity index (χ2n) is 6.07. The summed E-state index contributed by atoms with van der Waals surface area (Å²) < 4.78 is 13.9. The Bertz CT molecular complexity index is 529. The van der Waals surface area contributed by atoms with E-state index in [1.54, 1.807) is 6.07 Å². The number of carbonyl (C=O) groups is 1. The van der Waals surface area contributed by atoms with Crippen LogP contribution in [0.4, 0.5) is 4.39 Å². The fraction of sp³-hybridized carbons (Fsp3) is 0.562. The highest BCUT2D eigenvalue weighted by molar-refractivity contribution is 9.10. The number of carbonyl (C=O) groups excluding carboxylic acids is 1. The van der Waals surface area contributed by atoms with Crippen molar-refractivity contribution in [2.75, 3.05) is 0 Å². The van der Waals surface area contributed by atoms with Crippen molar-refractivity contribution in [2.24, 2.45) is 5.92 Å². The first-order valence-electron chi connectivity index (χ1n) is 7.61. The zero-order valence-corrected chi connectivity index (χ0v) is 14.7. The molecule has 22 heavy (non-hydrogen) atoms. The standard InChI is InChI=1S/C16H20BrFN2O.ClH/c17-12-6-5-10(7-13(12)18)9-19-16(21)15-8-11-3-1-2-4-14(11)20-15;/h5-7,11,14-15,20H,1-4,8-9H2,(H,19,21);1H. The molecule has 1 saturated carbocycles. The molecule has 1 aliphatic heterocycles. The van der Waals surface area contributed by atoms with E-state index >= 15 is 0 Å². The van der Waals surface area contributed by atoms with Crippen LogP contribution in [-0.4, -0.2) is 18.0 Å². The van der Waals surface area contributed by atoms with E-state index in [-0.39, 0.29) is 30.2 Å². The maximum absolute atomic E-state index is 13.4. The Morgan fingerprint density at radius 1 is 1.36 bits per heavy atom. The molecule has 3 nitrogen and oxygen atoms in total. The number of halogens is 3. The molecule has 0 bridgehead atoms. The fourth-order valence-corrected chi connectivity index (χ4v) is 3.73. The third kappa shape index (κ3) is 4.00. The maximum atomic E-state index is 13.4. The average Bonchev–Trinajstić information content (AvgIpc) is 2.92. The SMILES string of the molecule is Cl.O=C(NCc1ccc(Br)c(F)c1)C1CC2CCCCC2N1. The van der Waals surface area contributed by atoms with Crippen LogP contribution in [0.2, 0.25) is 0 Å². The van der Waals surface area contributed by atoms with Crippen LogP contribution in [0.15, 0.2) is 22.7 Å². The molecule has 1 saturated heterocycles. The van der Waals surface area contributed by atoms with E-state index in [9.17, 15) is 9.18 Å². The van der Waals surface area contributed by atoms with E-state index < -0.39 is 0 Å². The lowest BCUT2D eigenvalue weighted by atomic mass is 9.85. The number of amides is 1. The topological polar surface area (TPSA) is 41.1 Å². The van der Waals surface area contributed by atoms with Gasteiger partial charge in [-0.05, 0) is 58.8 Å². The van der Waals surface area contributed by atoms with E-state index in [1.807, 2.05) is 6.07 Å². The second-order valence-corrected chi connectivity index (χ2v) is 6.93. The van der Waals surface area contributed by atoms with Gasteiger partial charge in [0.1, 0.15) is 5.82 Å². The van der Waals surface area contributed by atoms with Crippen LogP contribution in [0, 0.1) is 11.7 Å². The molecule has 122 valence electrons. The predicted molar refractivity (Wildman–Crippen MR) is 90.5 cm³/mol. The molecule has 0 spiro atoms. The summed E-state index contributed by atoms with van der Waals surface area (Å²) in [5, 5.41) is 6.37. The Hall–Kier alpha value is -0.650. The molecule has 0 aromatic heterocycles. The van der Waals surface area contributed by atoms with Crippen molar-refractivity contribution in [3.8, 4) is 0 Å². The Morgan fingerprint density at radius 2 is 2.14 bits per heavy atom. The van der Waals surface area contributed by atoms with Gasteiger partial charge in [-0.15, -0.1) is 12.4 Å². The molecule has 3 atom stereocenters. The van der Waals surface area contributed by atoms with Gasteiger partial charge in [-0.2, -0.15) is 0 Å². The highest BCUT2D eigenvalue weighted by Gasteiger charge is 2.37. The van der Waals surface area contributed by atoms with E-state index in [2.05, 4.69) is 26.6 Å². The van der Waals surface area contributed by atoms with Crippen molar-refractivity contribution >= 4 is 34.2 Å². The van der Waals surface area contributed by atoms with Gasteiger partial charge in [0.2, 0.25) is 5.91 Å². The lowest BCUT2D eigenvalue weighted by Gasteiger charge is -2.24. The molecular formula is C16H21BrClFN2O. The van der Waals surface area contributed by atoms with Crippen LogP contribution in [0.3, 0.4) is 0 Å². The first-order chi connectivity index (χ1) is 10.1. The van der Waals surface area contributed by atoms with Crippen molar-refractivity contribution in [3.63, 3.8) is 0 Å². The normalized spacial score (nSPS) is 26.9. The molecule has 1 amide bonds. The van der Waals surface area contributed by atoms with Gasteiger partial charge in [-0.1, -0.05) is 18.9 Å². The van der Waals surface area contributed by atoms with Crippen molar-refractivity contribution < 1.29 is 9.18 Å². The minimum Gasteiger partial charge on any atom is -0.351 e. The van der Waals surface area contributed by atoms with Crippen LogP contribution in [-0.2, 0) is 11.3 Å². The smallest absolute Gasteiger partial charge is 0.237 e. The number of hydrogen-bond donors (Lipinski definition) is 2. The minimum absolute atomic E-state index is 0. The van der Waals surface area contributed by atoms with Gasteiger partial charge in [0, 0.05) is 12.6 Å². The summed E-state index contributed by atoms with van der Waals surface area (Å²) in [6, 6.07) is 5.36. The number of nitrogens with one attached hydrogen (secondary N) is 2.